The van der Waals surface area contributed by atoms with E-state index in [2.05, 4.69) is 52.1 Å². The highest BCUT2D eigenvalue weighted by molar-refractivity contribution is 9.10. The first kappa shape index (κ1) is 24.0. The van der Waals surface area contributed by atoms with E-state index < -0.39 is 11.9 Å². The first-order valence-corrected chi connectivity index (χ1v) is 9.64. The van der Waals surface area contributed by atoms with Crippen LogP contribution in [0.4, 0.5) is 0 Å². The van der Waals surface area contributed by atoms with Gasteiger partial charge in [0.2, 0.25) is 0 Å². The normalized spacial score (nSPS) is 9.61. The van der Waals surface area contributed by atoms with Gasteiger partial charge in [-0.1, -0.05) is 76.6 Å². The van der Waals surface area contributed by atoms with Crippen LogP contribution in [-0.4, -0.2) is 25.5 Å². The predicted octanol–water partition coefficient (Wildman–Crippen LogP) is 5.94. The van der Waals surface area contributed by atoms with E-state index in [1.54, 1.807) is 18.2 Å². The Morgan fingerprint density at radius 2 is 1.68 bits per heavy atom. The molecule has 1 N–H and O–H groups in total. The number of nitrogens with one attached hydrogen (secondary N) is 1. The third-order valence-corrected chi connectivity index (χ3v) is 4.99. The molecular formula is C21H20BrCl2NO3. The number of aryl methyl sites for hydroxylation is 1. The minimum absolute atomic E-state index is 0.148. The maximum absolute atomic E-state index is 11.6. The highest BCUT2D eigenvalue weighted by atomic mass is 79.9. The molecule has 0 unspecified atom stereocenters. The number of amides is 1. The molecular weight excluding hydrogens is 465 g/mol. The fraction of sp³-hybridized carbons (Fsp3) is 0.143. The molecule has 2 rings (SSSR count). The second kappa shape index (κ2) is 11.7. The van der Waals surface area contributed by atoms with Crippen LogP contribution in [0.3, 0.4) is 0 Å². The molecule has 0 bridgehead atoms. The van der Waals surface area contributed by atoms with Gasteiger partial charge in [-0.2, -0.15) is 0 Å². The van der Waals surface area contributed by atoms with Crippen LogP contribution in [0.15, 0.2) is 48.0 Å². The SMILES string of the molecule is C=Cc1c(C)ccc(Br)c1C=C.COC(=O)CNC(=O)c1c(Cl)cccc1Cl. The van der Waals surface area contributed by atoms with Gasteiger partial charge in [-0.25, -0.2) is 0 Å². The first-order chi connectivity index (χ1) is 13.3. The Kier molecular flexibility index (Phi) is 10.0. The lowest BCUT2D eigenvalue weighted by Crippen LogP contribution is -2.30. The molecule has 0 aromatic heterocycles. The molecule has 0 aliphatic carbocycles. The van der Waals surface area contributed by atoms with Gasteiger partial charge in [-0.05, 0) is 41.8 Å². The number of hydrogen-bond donors (Lipinski definition) is 1. The van der Waals surface area contributed by atoms with Gasteiger partial charge in [0, 0.05) is 4.47 Å². The monoisotopic (exact) mass is 483 g/mol. The summed E-state index contributed by atoms with van der Waals surface area (Å²) in [5.74, 6) is -1.06. The van der Waals surface area contributed by atoms with Gasteiger partial charge in [-0.15, -0.1) is 0 Å². The maximum atomic E-state index is 11.6. The molecule has 28 heavy (non-hydrogen) atoms. The molecule has 2 aromatic carbocycles. The second-order valence-electron chi connectivity index (χ2n) is 5.46. The zero-order valence-corrected chi connectivity index (χ0v) is 18.6. The van der Waals surface area contributed by atoms with Crippen molar-refractivity contribution in [2.24, 2.45) is 0 Å². The van der Waals surface area contributed by atoms with Crippen LogP contribution in [0.2, 0.25) is 10.0 Å². The lowest BCUT2D eigenvalue weighted by Gasteiger charge is -2.07. The van der Waals surface area contributed by atoms with Gasteiger partial charge in [0.1, 0.15) is 6.54 Å². The zero-order chi connectivity index (χ0) is 21.3. The molecule has 0 atom stereocenters. The predicted molar refractivity (Wildman–Crippen MR) is 120 cm³/mol. The standard InChI is InChI=1S/C11H11Br.C10H9Cl2NO3/c1-4-9-8(3)6-7-11(12)10(9)5-2;1-16-8(14)5-13-10(15)9-6(11)3-2-4-7(9)12/h4-7H,1-2H2,3H3;2-4H,5H2,1H3,(H,13,15). The molecule has 0 heterocycles. The van der Waals surface area contributed by atoms with Crippen LogP contribution in [-0.2, 0) is 9.53 Å². The van der Waals surface area contributed by atoms with Crippen LogP contribution in [0.5, 0.6) is 0 Å². The highest BCUT2D eigenvalue weighted by Gasteiger charge is 2.15. The number of carbonyl (C=O) groups excluding carboxylic acids is 2. The summed E-state index contributed by atoms with van der Waals surface area (Å²) in [5, 5.41) is 2.81. The summed E-state index contributed by atoms with van der Waals surface area (Å²) < 4.78 is 5.44. The number of methoxy groups -OCH3 is 1. The number of esters is 1. The van der Waals surface area contributed by atoms with Crippen LogP contribution in [0.25, 0.3) is 12.2 Å². The smallest absolute Gasteiger partial charge is 0.325 e. The summed E-state index contributed by atoms with van der Waals surface area (Å²) in [4.78, 5) is 22.4. The number of carbonyl (C=O) groups is 2. The Bertz CT molecular complexity index is 844. The number of ether oxygens (including phenoxy) is 1. The highest BCUT2D eigenvalue weighted by Crippen LogP contribution is 2.25. The second-order valence-corrected chi connectivity index (χ2v) is 7.12. The van der Waals surface area contributed by atoms with Crippen LogP contribution >= 0.6 is 39.1 Å². The summed E-state index contributed by atoms with van der Waals surface area (Å²) in [6.07, 6.45) is 3.70. The third kappa shape index (κ3) is 6.51. The van der Waals surface area contributed by atoms with Crippen LogP contribution in [0, 0.1) is 6.92 Å². The van der Waals surface area contributed by atoms with Crippen molar-refractivity contribution in [3.05, 3.63) is 80.3 Å². The van der Waals surface area contributed by atoms with Crippen LogP contribution < -0.4 is 5.32 Å². The number of hydrogen-bond acceptors (Lipinski definition) is 3. The zero-order valence-electron chi connectivity index (χ0n) is 15.5. The van der Waals surface area contributed by atoms with E-state index >= 15 is 0 Å². The molecule has 0 saturated carbocycles. The van der Waals surface area contributed by atoms with E-state index in [1.807, 2.05) is 18.2 Å². The number of halogens is 3. The Labute approximate surface area is 183 Å². The molecule has 0 fully saturated rings. The van der Waals surface area contributed by atoms with Crippen molar-refractivity contribution in [3.8, 4) is 0 Å². The van der Waals surface area contributed by atoms with E-state index in [0.29, 0.717) is 0 Å². The summed E-state index contributed by atoms with van der Waals surface area (Å²) in [5.41, 5.74) is 3.64. The lowest BCUT2D eigenvalue weighted by atomic mass is 10.0. The van der Waals surface area contributed by atoms with Crippen molar-refractivity contribution in [1.29, 1.82) is 0 Å². The van der Waals surface area contributed by atoms with Gasteiger partial charge in [-0.3, -0.25) is 9.59 Å². The molecule has 4 nitrogen and oxygen atoms in total. The summed E-state index contributed by atoms with van der Waals surface area (Å²) in [7, 11) is 1.23. The lowest BCUT2D eigenvalue weighted by molar-refractivity contribution is -0.139. The van der Waals surface area contributed by atoms with E-state index in [0.717, 1.165) is 15.6 Å². The quantitative estimate of drug-likeness (QED) is 0.534. The maximum Gasteiger partial charge on any atom is 0.325 e. The van der Waals surface area contributed by atoms with Gasteiger partial charge in [0.15, 0.2) is 0 Å². The minimum Gasteiger partial charge on any atom is -0.468 e. The number of rotatable bonds is 5. The Morgan fingerprint density at radius 3 is 2.14 bits per heavy atom. The van der Waals surface area contributed by atoms with E-state index in [4.69, 9.17) is 23.2 Å². The van der Waals surface area contributed by atoms with Gasteiger partial charge < -0.3 is 10.1 Å². The van der Waals surface area contributed by atoms with E-state index in [1.165, 1.54) is 12.7 Å². The average Bonchev–Trinajstić information content (AvgIpc) is 2.67. The Hall–Kier alpha value is -2.08. The molecule has 7 heteroatoms. The molecule has 0 aliphatic rings. The largest absolute Gasteiger partial charge is 0.468 e. The Balaban J connectivity index is 0.000000292. The van der Waals surface area contributed by atoms with Crippen molar-refractivity contribution < 1.29 is 14.3 Å². The Morgan fingerprint density at radius 1 is 1.11 bits per heavy atom. The minimum atomic E-state index is -0.545. The van der Waals surface area contributed by atoms with Gasteiger partial charge in [0.25, 0.3) is 5.91 Å². The number of benzene rings is 2. The molecule has 0 spiro atoms. The average molecular weight is 485 g/mol. The van der Waals surface area contributed by atoms with Crippen molar-refractivity contribution in [3.63, 3.8) is 0 Å². The van der Waals surface area contributed by atoms with E-state index in [-0.39, 0.29) is 22.2 Å². The third-order valence-electron chi connectivity index (χ3n) is 3.67. The molecule has 148 valence electrons. The van der Waals surface area contributed by atoms with Gasteiger partial charge in [0.05, 0.1) is 22.7 Å². The molecule has 0 radical (unpaired) electrons. The van der Waals surface area contributed by atoms with E-state index in [9.17, 15) is 9.59 Å². The van der Waals surface area contributed by atoms with Crippen molar-refractivity contribution >= 4 is 63.2 Å². The fourth-order valence-electron chi connectivity index (χ4n) is 2.22. The summed E-state index contributed by atoms with van der Waals surface area (Å²) in [6.45, 7) is 9.38. The topological polar surface area (TPSA) is 55.4 Å². The fourth-order valence-corrected chi connectivity index (χ4v) is 3.30. The van der Waals surface area contributed by atoms with Crippen molar-refractivity contribution in [2.75, 3.05) is 13.7 Å². The molecule has 0 aliphatic heterocycles. The van der Waals surface area contributed by atoms with Gasteiger partial charge >= 0.3 is 5.97 Å². The van der Waals surface area contributed by atoms with Crippen LogP contribution in [0.1, 0.15) is 27.0 Å². The first-order valence-electron chi connectivity index (χ1n) is 8.09. The summed E-state index contributed by atoms with van der Waals surface area (Å²) >= 11 is 15.1. The summed E-state index contributed by atoms with van der Waals surface area (Å²) in [6, 6.07) is 8.80. The molecule has 2 aromatic rings. The molecule has 0 saturated heterocycles. The molecule has 1 amide bonds. The van der Waals surface area contributed by atoms with Crippen molar-refractivity contribution in [1.82, 2.24) is 5.32 Å². The van der Waals surface area contributed by atoms with Crippen molar-refractivity contribution in [2.45, 2.75) is 6.92 Å².